The fraction of sp³-hybridized carbons (Fsp3) is 0.143. The van der Waals surface area contributed by atoms with Gasteiger partial charge in [-0.3, -0.25) is 4.79 Å². The summed E-state index contributed by atoms with van der Waals surface area (Å²) in [7, 11) is 0. The lowest BCUT2D eigenvalue weighted by atomic mass is 10.2. The highest BCUT2D eigenvalue weighted by Gasteiger charge is 2.28. The van der Waals surface area contributed by atoms with Crippen LogP contribution in [0.5, 0.6) is 5.75 Å². The van der Waals surface area contributed by atoms with Crippen molar-refractivity contribution in [1.29, 1.82) is 0 Å². The maximum Gasteiger partial charge on any atom is 0.349 e. The van der Waals surface area contributed by atoms with E-state index in [-0.39, 0.29) is 23.0 Å². The van der Waals surface area contributed by atoms with Crippen LogP contribution in [-0.4, -0.2) is 23.5 Å². The summed E-state index contributed by atoms with van der Waals surface area (Å²) in [4.78, 5) is 21.6. The summed E-state index contributed by atoms with van der Waals surface area (Å²) < 4.78 is 4.92. The minimum Gasteiger partial charge on any atom is -0.483 e. The molecule has 0 aromatic carbocycles. The number of carbonyl (C=O) groups excluding carboxylic acids is 1. The Hall–Kier alpha value is -1.36. The van der Waals surface area contributed by atoms with E-state index in [1.54, 1.807) is 0 Å². The quantitative estimate of drug-likeness (QED) is 0.707. The summed E-state index contributed by atoms with van der Waals surface area (Å²) in [6.07, 6.45) is 0. The number of carbonyl (C=O) groups is 2. The molecule has 0 spiro atoms. The van der Waals surface area contributed by atoms with Gasteiger partial charge in [-0.05, 0) is 0 Å². The molecule has 2 heterocycles. The van der Waals surface area contributed by atoms with Crippen LogP contribution in [0.2, 0.25) is 0 Å². The van der Waals surface area contributed by atoms with E-state index in [0.29, 0.717) is 5.56 Å². The second-order valence-electron chi connectivity index (χ2n) is 2.32. The molecule has 0 bridgehead atoms. The first-order valence-corrected chi connectivity index (χ1v) is 4.09. The number of hydrogen-bond acceptors (Lipinski definition) is 4. The summed E-state index contributed by atoms with van der Waals surface area (Å²) >= 11 is 1.02. The van der Waals surface area contributed by atoms with Crippen LogP contribution in [0.1, 0.15) is 20.0 Å². The molecular formula is C7H4O4S. The highest BCUT2D eigenvalue weighted by molar-refractivity contribution is 7.12. The van der Waals surface area contributed by atoms with Crippen molar-refractivity contribution in [2.45, 2.75) is 0 Å². The minimum atomic E-state index is -1.05. The van der Waals surface area contributed by atoms with E-state index >= 15 is 0 Å². The van der Waals surface area contributed by atoms with Gasteiger partial charge in [-0.1, -0.05) is 0 Å². The molecule has 1 N–H and O–H groups in total. The van der Waals surface area contributed by atoms with E-state index in [0.717, 1.165) is 11.3 Å². The first-order valence-electron chi connectivity index (χ1n) is 3.21. The van der Waals surface area contributed by atoms with E-state index in [4.69, 9.17) is 9.84 Å². The fourth-order valence-corrected chi connectivity index (χ4v) is 1.90. The molecule has 62 valence electrons. The summed E-state index contributed by atoms with van der Waals surface area (Å²) in [6, 6.07) is 0. The van der Waals surface area contributed by atoms with Gasteiger partial charge in [-0.25, -0.2) is 4.79 Å². The van der Waals surface area contributed by atoms with Gasteiger partial charge < -0.3 is 9.84 Å². The Kier molecular flexibility index (Phi) is 1.41. The molecule has 0 aliphatic carbocycles. The lowest BCUT2D eigenvalue weighted by molar-refractivity contribution is 0.0697. The molecule has 5 heteroatoms. The molecule has 0 amide bonds. The monoisotopic (exact) mass is 184 g/mol. The smallest absolute Gasteiger partial charge is 0.349 e. The van der Waals surface area contributed by atoms with E-state index in [1.165, 1.54) is 5.38 Å². The third kappa shape index (κ3) is 0.831. The van der Waals surface area contributed by atoms with Gasteiger partial charge in [0, 0.05) is 5.38 Å². The SMILES string of the molecule is O=C1COc2c1csc2C(=O)O. The van der Waals surface area contributed by atoms with E-state index in [1.807, 2.05) is 0 Å². The predicted molar refractivity (Wildman–Crippen MR) is 41.1 cm³/mol. The second kappa shape index (κ2) is 2.31. The van der Waals surface area contributed by atoms with Gasteiger partial charge in [0.25, 0.3) is 0 Å². The number of ether oxygens (including phenoxy) is 1. The van der Waals surface area contributed by atoms with Gasteiger partial charge in [0.05, 0.1) is 5.56 Å². The van der Waals surface area contributed by atoms with Crippen LogP contribution in [0.15, 0.2) is 5.38 Å². The molecule has 0 radical (unpaired) electrons. The highest BCUT2D eigenvalue weighted by atomic mass is 32.1. The molecule has 1 aliphatic rings. The van der Waals surface area contributed by atoms with Crippen molar-refractivity contribution in [2.75, 3.05) is 6.61 Å². The molecule has 0 unspecified atom stereocenters. The van der Waals surface area contributed by atoms with Crippen LogP contribution in [0.25, 0.3) is 0 Å². The van der Waals surface area contributed by atoms with Crippen molar-refractivity contribution < 1.29 is 19.4 Å². The first kappa shape index (κ1) is 7.30. The van der Waals surface area contributed by atoms with Crippen molar-refractivity contribution in [1.82, 2.24) is 0 Å². The Morgan fingerprint density at radius 2 is 2.42 bits per heavy atom. The second-order valence-corrected chi connectivity index (χ2v) is 3.20. The van der Waals surface area contributed by atoms with Crippen molar-refractivity contribution in [3.63, 3.8) is 0 Å². The molecule has 0 saturated carbocycles. The van der Waals surface area contributed by atoms with Gasteiger partial charge in [0.1, 0.15) is 0 Å². The van der Waals surface area contributed by atoms with Crippen LogP contribution in [0.3, 0.4) is 0 Å². The maximum absolute atomic E-state index is 11.0. The van der Waals surface area contributed by atoms with Gasteiger partial charge in [-0.2, -0.15) is 0 Å². The topological polar surface area (TPSA) is 63.6 Å². The third-order valence-electron chi connectivity index (χ3n) is 1.59. The molecule has 0 saturated heterocycles. The van der Waals surface area contributed by atoms with Gasteiger partial charge >= 0.3 is 5.97 Å². The van der Waals surface area contributed by atoms with Crippen LogP contribution in [0.4, 0.5) is 0 Å². The zero-order valence-corrected chi connectivity index (χ0v) is 6.68. The Morgan fingerprint density at radius 1 is 1.67 bits per heavy atom. The number of ketones is 1. The number of carboxylic acids is 1. The summed E-state index contributed by atoms with van der Waals surface area (Å²) in [5, 5.41) is 10.2. The number of carboxylic acid groups (broad SMARTS) is 1. The van der Waals surface area contributed by atoms with E-state index < -0.39 is 5.97 Å². The molecule has 1 aromatic rings. The molecule has 4 nitrogen and oxygen atoms in total. The van der Waals surface area contributed by atoms with Crippen molar-refractivity contribution >= 4 is 23.1 Å². The number of aromatic carboxylic acids is 1. The number of Topliss-reactive ketones (excluding diaryl/α,β-unsaturated/α-hetero) is 1. The molecule has 1 aromatic heterocycles. The molecule has 0 atom stereocenters. The van der Waals surface area contributed by atoms with E-state index in [2.05, 4.69) is 0 Å². The summed E-state index contributed by atoms with van der Waals surface area (Å²) in [5.41, 5.74) is 0.400. The lowest BCUT2D eigenvalue weighted by Gasteiger charge is -1.93. The average Bonchev–Trinajstić information content (AvgIpc) is 2.53. The highest BCUT2D eigenvalue weighted by Crippen LogP contribution is 2.34. The molecule has 1 aliphatic heterocycles. The number of thiophene rings is 1. The van der Waals surface area contributed by atoms with E-state index in [9.17, 15) is 9.59 Å². The Labute approximate surface area is 71.4 Å². The normalized spacial score (nSPS) is 14.2. The molecule has 12 heavy (non-hydrogen) atoms. The van der Waals surface area contributed by atoms with Crippen LogP contribution >= 0.6 is 11.3 Å². The molecule has 0 fully saturated rings. The van der Waals surface area contributed by atoms with Gasteiger partial charge in [0.15, 0.2) is 17.2 Å². The Balaban J connectivity index is 2.56. The minimum absolute atomic E-state index is 0.0293. The summed E-state index contributed by atoms with van der Waals surface area (Å²) in [5.74, 6) is -0.956. The lowest BCUT2D eigenvalue weighted by Crippen LogP contribution is -2.00. The van der Waals surface area contributed by atoms with Gasteiger partial charge in [0.2, 0.25) is 5.78 Å². The number of hydrogen-bond donors (Lipinski definition) is 1. The van der Waals surface area contributed by atoms with Crippen LogP contribution in [0, 0.1) is 0 Å². The molecular weight excluding hydrogens is 180 g/mol. The van der Waals surface area contributed by atoms with Crippen molar-refractivity contribution in [3.05, 3.63) is 15.8 Å². The van der Waals surface area contributed by atoms with Crippen LogP contribution < -0.4 is 4.74 Å². The number of rotatable bonds is 1. The number of fused-ring (bicyclic) bond motifs is 1. The predicted octanol–water partition coefficient (Wildman–Crippen LogP) is 1.02. The third-order valence-corrected chi connectivity index (χ3v) is 2.54. The van der Waals surface area contributed by atoms with Crippen molar-refractivity contribution in [2.24, 2.45) is 0 Å². The zero-order valence-electron chi connectivity index (χ0n) is 5.86. The Morgan fingerprint density at radius 3 is 3.08 bits per heavy atom. The standard InChI is InChI=1S/C7H4O4S/c8-4-1-11-5-3(4)2-12-6(5)7(9)10/h2H,1H2,(H,9,10). The van der Waals surface area contributed by atoms with Crippen molar-refractivity contribution in [3.8, 4) is 5.75 Å². The fourth-order valence-electron chi connectivity index (χ4n) is 1.05. The van der Waals surface area contributed by atoms with Crippen LogP contribution in [-0.2, 0) is 0 Å². The average molecular weight is 184 g/mol. The Bertz CT molecular complexity index is 365. The summed E-state index contributed by atoms with van der Waals surface area (Å²) in [6.45, 7) is -0.0293. The largest absolute Gasteiger partial charge is 0.483 e. The first-order chi connectivity index (χ1) is 5.70. The maximum atomic E-state index is 11.0. The zero-order chi connectivity index (χ0) is 8.72. The molecule has 2 rings (SSSR count). The van der Waals surface area contributed by atoms with Gasteiger partial charge in [-0.15, -0.1) is 11.3 Å².